The SMILES string of the molecule is CS(=O)(=O)c1cc(F)c(C2=C(c3cccc(C(F)(F)F)c3)C(=O)OC2)cc1F. The second-order valence-electron chi connectivity index (χ2n) is 6.04. The molecule has 0 bridgehead atoms. The normalized spacial score (nSPS) is 15.1. The first-order valence-corrected chi connectivity index (χ1v) is 9.56. The molecule has 0 unspecified atom stereocenters. The summed E-state index contributed by atoms with van der Waals surface area (Å²) < 4.78 is 95.3. The fraction of sp³-hybridized carbons (Fsp3) is 0.167. The van der Waals surface area contributed by atoms with Gasteiger partial charge in [0.25, 0.3) is 0 Å². The summed E-state index contributed by atoms with van der Waals surface area (Å²) in [4.78, 5) is 11.2. The van der Waals surface area contributed by atoms with Crippen LogP contribution in [0.2, 0.25) is 0 Å². The van der Waals surface area contributed by atoms with Crippen molar-refractivity contribution in [3.05, 3.63) is 64.7 Å². The highest BCUT2D eigenvalue weighted by Crippen LogP contribution is 2.37. The number of carbonyl (C=O) groups excluding carboxylic acids is 1. The second-order valence-corrected chi connectivity index (χ2v) is 8.03. The van der Waals surface area contributed by atoms with E-state index in [4.69, 9.17) is 4.74 Å². The number of alkyl halides is 3. The van der Waals surface area contributed by atoms with Gasteiger partial charge in [0.15, 0.2) is 9.84 Å². The first-order chi connectivity index (χ1) is 12.9. The van der Waals surface area contributed by atoms with Gasteiger partial charge in [-0.15, -0.1) is 0 Å². The standard InChI is InChI=1S/C18H11F5O4S/c1-28(25,26)15-7-13(19)11(6-14(15)20)12-8-27-17(24)16(12)9-3-2-4-10(5-9)18(21,22)23/h2-7H,8H2,1H3. The van der Waals surface area contributed by atoms with Crippen LogP contribution in [-0.2, 0) is 25.5 Å². The van der Waals surface area contributed by atoms with E-state index in [9.17, 15) is 35.2 Å². The molecule has 1 aliphatic rings. The number of halogens is 5. The summed E-state index contributed by atoms with van der Waals surface area (Å²) in [5.41, 5.74) is -2.21. The number of hydrogen-bond donors (Lipinski definition) is 0. The minimum atomic E-state index is -4.67. The molecule has 1 aliphatic heterocycles. The Kier molecular flexibility index (Phi) is 4.78. The average Bonchev–Trinajstić information content (AvgIpc) is 2.96. The summed E-state index contributed by atoms with van der Waals surface area (Å²) in [6.45, 7) is -0.501. The van der Waals surface area contributed by atoms with Crippen LogP contribution in [0.25, 0.3) is 11.1 Å². The Morgan fingerprint density at radius 3 is 2.32 bits per heavy atom. The van der Waals surface area contributed by atoms with Crippen LogP contribution in [0.1, 0.15) is 16.7 Å². The van der Waals surface area contributed by atoms with E-state index in [1.54, 1.807) is 0 Å². The Morgan fingerprint density at radius 1 is 1.04 bits per heavy atom. The van der Waals surface area contributed by atoms with Crippen LogP contribution in [0, 0.1) is 11.6 Å². The van der Waals surface area contributed by atoms with E-state index in [2.05, 4.69) is 0 Å². The Morgan fingerprint density at radius 2 is 1.71 bits per heavy atom. The predicted octanol–water partition coefficient (Wildman–Crippen LogP) is 3.85. The van der Waals surface area contributed by atoms with Crippen molar-refractivity contribution >= 4 is 27.0 Å². The van der Waals surface area contributed by atoms with Gasteiger partial charge in [0.1, 0.15) is 23.1 Å². The summed E-state index contributed by atoms with van der Waals surface area (Å²) in [5, 5.41) is 0. The van der Waals surface area contributed by atoms with Gasteiger partial charge in [0, 0.05) is 17.4 Å². The number of sulfone groups is 1. The van der Waals surface area contributed by atoms with Crippen LogP contribution in [0.4, 0.5) is 22.0 Å². The number of benzene rings is 2. The first kappa shape index (κ1) is 20.0. The van der Waals surface area contributed by atoms with E-state index < -0.39 is 56.2 Å². The van der Waals surface area contributed by atoms with Gasteiger partial charge in [0.05, 0.1) is 11.1 Å². The highest BCUT2D eigenvalue weighted by molar-refractivity contribution is 7.90. The predicted molar refractivity (Wildman–Crippen MR) is 88.7 cm³/mol. The van der Waals surface area contributed by atoms with Crippen LogP contribution in [0.3, 0.4) is 0 Å². The summed E-state index contributed by atoms with van der Waals surface area (Å²) in [6.07, 6.45) is -3.98. The van der Waals surface area contributed by atoms with Crippen molar-refractivity contribution in [3.8, 4) is 0 Å². The topological polar surface area (TPSA) is 60.4 Å². The number of cyclic esters (lactones) is 1. The summed E-state index contributed by atoms with van der Waals surface area (Å²) in [5.74, 6) is -3.41. The molecule has 0 spiro atoms. The molecule has 0 N–H and O–H groups in total. The lowest BCUT2D eigenvalue weighted by molar-refractivity contribution is -0.138. The molecule has 0 saturated heterocycles. The molecule has 2 aromatic carbocycles. The minimum Gasteiger partial charge on any atom is -0.457 e. The fourth-order valence-electron chi connectivity index (χ4n) is 2.80. The number of esters is 1. The number of rotatable bonds is 3. The maximum Gasteiger partial charge on any atom is 0.416 e. The molecule has 3 rings (SSSR count). The van der Waals surface area contributed by atoms with Crippen LogP contribution in [0.5, 0.6) is 0 Å². The summed E-state index contributed by atoms with van der Waals surface area (Å²) in [6, 6.07) is 4.80. The number of ether oxygens (including phenoxy) is 1. The second kappa shape index (κ2) is 6.69. The van der Waals surface area contributed by atoms with Gasteiger partial charge in [0.2, 0.25) is 0 Å². The van der Waals surface area contributed by atoms with E-state index in [0.29, 0.717) is 24.5 Å². The maximum atomic E-state index is 14.5. The highest BCUT2D eigenvalue weighted by atomic mass is 32.2. The smallest absolute Gasteiger partial charge is 0.416 e. The van der Waals surface area contributed by atoms with Gasteiger partial charge < -0.3 is 4.74 Å². The molecule has 0 fully saturated rings. The van der Waals surface area contributed by atoms with Gasteiger partial charge in [-0.1, -0.05) is 12.1 Å². The molecule has 28 heavy (non-hydrogen) atoms. The zero-order valence-corrected chi connectivity index (χ0v) is 14.9. The van der Waals surface area contributed by atoms with E-state index >= 15 is 0 Å². The lowest BCUT2D eigenvalue weighted by Gasteiger charge is -2.11. The van der Waals surface area contributed by atoms with E-state index in [1.807, 2.05) is 0 Å². The van der Waals surface area contributed by atoms with Crippen molar-refractivity contribution in [3.63, 3.8) is 0 Å². The zero-order valence-electron chi connectivity index (χ0n) is 14.1. The minimum absolute atomic E-state index is 0.180. The molecular formula is C18H11F5O4S. The Labute approximate surface area is 156 Å². The molecule has 2 aromatic rings. The molecule has 1 heterocycles. The number of carbonyl (C=O) groups is 1. The molecule has 4 nitrogen and oxygen atoms in total. The maximum absolute atomic E-state index is 14.5. The third-order valence-electron chi connectivity index (χ3n) is 4.08. The molecule has 148 valence electrons. The largest absolute Gasteiger partial charge is 0.457 e. The fourth-order valence-corrected chi connectivity index (χ4v) is 3.54. The molecule has 10 heteroatoms. The highest BCUT2D eigenvalue weighted by Gasteiger charge is 2.34. The van der Waals surface area contributed by atoms with Gasteiger partial charge >= 0.3 is 12.1 Å². The van der Waals surface area contributed by atoms with Crippen molar-refractivity contribution in [2.75, 3.05) is 12.9 Å². The quantitative estimate of drug-likeness (QED) is 0.561. The molecule has 0 amide bonds. The van der Waals surface area contributed by atoms with Crippen molar-refractivity contribution < 1.29 is 39.9 Å². The van der Waals surface area contributed by atoms with Crippen molar-refractivity contribution in [2.24, 2.45) is 0 Å². The van der Waals surface area contributed by atoms with Gasteiger partial charge in [-0.25, -0.2) is 22.0 Å². The molecule has 0 aliphatic carbocycles. The average molecular weight is 418 g/mol. The van der Waals surface area contributed by atoms with Crippen LogP contribution >= 0.6 is 0 Å². The summed E-state index contributed by atoms with van der Waals surface area (Å²) in [7, 11) is -4.05. The molecule has 0 aromatic heterocycles. The summed E-state index contributed by atoms with van der Waals surface area (Å²) >= 11 is 0. The van der Waals surface area contributed by atoms with Crippen LogP contribution in [0.15, 0.2) is 41.3 Å². The molecule has 0 radical (unpaired) electrons. The third kappa shape index (κ3) is 3.64. The van der Waals surface area contributed by atoms with Gasteiger partial charge in [-0.05, 0) is 29.8 Å². The van der Waals surface area contributed by atoms with Crippen molar-refractivity contribution in [1.82, 2.24) is 0 Å². The Bertz CT molecular complexity index is 1120. The van der Waals surface area contributed by atoms with Crippen LogP contribution in [-0.4, -0.2) is 27.2 Å². The van der Waals surface area contributed by atoms with E-state index in [1.165, 1.54) is 6.07 Å². The molecule has 0 atom stereocenters. The van der Waals surface area contributed by atoms with Crippen LogP contribution < -0.4 is 0 Å². The third-order valence-corrected chi connectivity index (χ3v) is 5.19. The monoisotopic (exact) mass is 418 g/mol. The van der Waals surface area contributed by atoms with Crippen molar-refractivity contribution in [2.45, 2.75) is 11.1 Å². The van der Waals surface area contributed by atoms with E-state index in [0.717, 1.165) is 12.1 Å². The first-order valence-electron chi connectivity index (χ1n) is 7.67. The van der Waals surface area contributed by atoms with E-state index in [-0.39, 0.29) is 16.7 Å². The Hall–Kier alpha value is -2.75. The van der Waals surface area contributed by atoms with Gasteiger partial charge in [-0.3, -0.25) is 0 Å². The molecule has 0 saturated carbocycles. The number of hydrogen-bond acceptors (Lipinski definition) is 4. The molecular weight excluding hydrogens is 407 g/mol. The zero-order chi connectivity index (χ0) is 20.9. The lowest BCUT2D eigenvalue weighted by Crippen LogP contribution is -2.07. The van der Waals surface area contributed by atoms with Crippen molar-refractivity contribution in [1.29, 1.82) is 0 Å². The van der Waals surface area contributed by atoms with Gasteiger partial charge in [-0.2, -0.15) is 13.2 Å². The Balaban J connectivity index is 2.22. The lowest BCUT2D eigenvalue weighted by atomic mass is 9.95.